The van der Waals surface area contributed by atoms with Crippen molar-refractivity contribution < 1.29 is 80.2 Å². The molecule has 5 atom stereocenters. The van der Waals surface area contributed by atoms with Crippen LogP contribution >= 0.6 is 15.6 Å². The SMILES string of the molecule is CCCCCCCCCCCCCCCC(=O)OC[C@H](COP(=O)(O)OC[C@@H](O)COP(=O)(O)OC[C@@H](COC(=O)CCCCCCCCC)OC(=O)CCCCCCCCCCCC(C)C)OC(=O)CCCCCCCCCCCCCCCC(C)C. The zero-order valence-electron chi connectivity index (χ0n) is 57.0. The summed E-state index contributed by atoms with van der Waals surface area (Å²) in [6, 6.07) is 0. The van der Waals surface area contributed by atoms with Crippen LogP contribution in [0.4, 0.5) is 0 Å². The van der Waals surface area contributed by atoms with Crippen molar-refractivity contribution in [2.75, 3.05) is 39.6 Å². The molecule has 0 amide bonds. The van der Waals surface area contributed by atoms with Crippen molar-refractivity contribution in [1.29, 1.82) is 0 Å². The highest BCUT2D eigenvalue weighted by Gasteiger charge is 2.30. The fourth-order valence-corrected chi connectivity index (χ4v) is 12.0. The van der Waals surface area contributed by atoms with Crippen LogP contribution in [0.3, 0.4) is 0 Å². The third-order valence-corrected chi connectivity index (χ3v) is 17.9. The van der Waals surface area contributed by atoms with E-state index in [1.165, 1.54) is 154 Å². The van der Waals surface area contributed by atoms with E-state index in [0.29, 0.717) is 25.7 Å². The summed E-state index contributed by atoms with van der Waals surface area (Å²) in [5.74, 6) is -0.606. The third kappa shape index (κ3) is 62.8. The number of phosphoric ester groups is 2. The second-order valence-electron chi connectivity index (χ2n) is 25.9. The van der Waals surface area contributed by atoms with Gasteiger partial charge in [-0.25, -0.2) is 9.13 Å². The molecule has 0 aromatic carbocycles. The van der Waals surface area contributed by atoms with Gasteiger partial charge in [-0.05, 0) is 37.5 Å². The Morgan fingerprint density at radius 1 is 0.307 bits per heavy atom. The van der Waals surface area contributed by atoms with Crippen molar-refractivity contribution >= 4 is 39.5 Å². The largest absolute Gasteiger partial charge is 0.472 e. The number of phosphoric acid groups is 2. The lowest BCUT2D eigenvalue weighted by Crippen LogP contribution is -2.30. The minimum Gasteiger partial charge on any atom is -0.462 e. The molecule has 2 unspecified atom stereocenters. The van der Waals surface area contributed by atoms with Crippen LogP contribution in [0.5, 0.6) is 0 Å². The Bertz CT molecular complexity index is 1720. The molecule has 0 rings (SSSR count). The first-order chi connectivity index (χ1) is 42.4. The molecule has 0 fully saturated rings. The maximum absolute atomic E-state index is 13.0. The summed E-state index contributed by atoms with van der Waals surface area (Å²) in [6.45, 7) is 9.50. The van der Waals surface area contributed by atoms with E-state index in [-0.39, 0.29) is 25.7 Å². The van der Waals surface area contributed by atoms with Gasteiger partial charge in [-0.2, -0.15) is 0 Å². The molecule has 88 heavy (non-hydrogen) atoms. The molecule has 0 saturated carbocycles. The van der Waals surface area contributed by atoms with Crippen LogP contribution in [0.25, 0.3) is 0 Å². The highest BCUT2D eigenvalue weighted by molar-refractivity contribution is 7.47. The lowest BCUT2D eigenvalue weighted by Gasteiger charge is -2.21. The van der Waals surface area contributed by atoms with E-state index >= 15 is 0 Å². The number of aliphatic hydroxyl groups excluding tert-OH is 1. The van der Waals surface area contributed by atoms with Gasteiger partial charge in [-0.15, -0.1) is 0 Å². The normalized spacial score (nSPS) is 14.2. The maximum Gasteiger partial charge on any atom is 0.472 e. The molecule has 0 saturated heterocycles. The Labute approximate surface area is 537 Å². The average molecular weight is 1300 g/mol. The quantitative estimate of drug-likeness (QED) is 0.0222. The number of hydrogen-bond donors (Lipinski definition) is 3. The smallest absolute Gasteiger partial charge is 0.462 e. The van der Waals surface area contributed by atoms with Gasteiger partial charge in [0.15, 0.2) is 12.2 Å². The second-order valence-corrected chi connectivity index (χ2v) is 28.8. The Kier molecular flexibility index (Phi) is 59.9. The highest BCUT2D eigenvalue weighted by atomic mass is 31.2. The molecule has 0 aliphatic carbocycles. The Morgan fingerprint density at radius 2 is 0.523 bits per heavy atom. The van der Waals surface area contributed by atoms with Crippen molar-refractivity contribution in [2.45, 2.75) is 368 Å². The number of rotatable bonds is 68. The predicted molar refractivity (Wildman–Crippen MR) is 354 cm³/mol. The van der Waals surface area contributed by atoms with Crippen molar-refractivity contribution in [3.8, 4) is 0 Å². The minimum atomic E-state index is -4.95. The molecule has 0 aromatic rings. The zero-order valence-corrected chi connectivity index (χ0v) is 58.8. The molecule has 0 aliphatic heterocycles. The van der Waals surface area contributed by atoms with Crippen molar-refractivity contribution in [3.05, 3.63) is 0 Å². The summed E-state index contributed by atoms with van der Waals surface area (Å²) in [5.41, 5.74) is 0. The average Bonchev–Trinajstić information content (AvgIpc) is 3.55. The lowest BCUT2D eigenvalue weighted by molar-refractivity contribution is -0.161. The van der Waals surface area contributed by atoms with Crippen LogP contribution in [0.1, 0.15) is 350 Å². The van der Waals surface area contributed by atoms with E-state index in [1.807, 2.05) is 0 Å². The van der Waals surface area contributed by atoms with Crippen LogP contribution in [-0.2, 0) is 65.4 Å². The van der Waals surface area contributed by atoms with Gasteiger partial charge >= 0.3 is 39.5 Å². The predicted octanol–water partition coefficient (Wildman–Crippen LogP) is 19.6. The summed E-state index contributed by atoms with van der Waals surface area (Å²) in [4.78, 5) is 72.4. The molecule has 0 radical (unpaired) electrons. The monoisotopic (exact) mass is 1300 g/mol. The Balaban J connectivity index is 5.21. The second kappa shape index (κ2) is 61.3. The lowest BCUT2D eigenvalue weighted by atomic mass is 10.0. The Hall–Kier alpha value is -1.94. The number of aliphatic hydroxyl groups is 1. The maximum atomic E-state index is 13.0. The number of ether oxygens (including phenoxy) is 4. The van der Waals surface area contributed by atoms with Gasteiger partial charge in [-0.3, -0.25) is 37.3 Å². The molecule has 522 valence electrons. The van der Waals surface area contributed by atoms with Crippen molar-refractivity contribution in [1.82, 2.24) is 0 Å². The molecule has 3 N–H and O–H groups in total. The topological polar surface area (TPSA) is 237 Å². The van der Waals surface area contributed by atoms with E-state index in [4.69, 9.17) is 37.0 Å². The van der Waals surface area contributed by atoms with E-state index in [0.717, 1.165) is 115 Å². The molecule has 0 spiro atoms. The summed E-state index contributed by atoms with van der Waals surface area (Å²) in [5, 5.41) is 10.6. The fourth-order valence-electron chi connectivity index (χ4n) is 10.4. The van der Waals surface area contributed by atoms with Gasteiger partial charge in [0.2, 0.25) is 0 Å². The first-order valence-corrected chi connectivity index (χ1v) is 39.0. The van der Waals surface area contributed by atoms with Gasteiger partial charge in [0, 0.05) is 25.7 Å². The number of unbranched alkanes of at least 4 members (excludes halogenated alkanes) is 38. The molecule has 19 heteroatoms. The number of carbonyl (C=O) groups is 4. The van der Waals surface area contributed by atoms with E-state index in [9.17, 15) is 43.2 Å². The van der Waals surface area contributed by atoms with Gasteiger partial charge in [0.1, 0.15) is 19.3 Å². The van der Waals surface area contributed by atoms with Crippen LogP contribution < -0.4 is 0 Å². The molecule has 0 aliphatic rings. The molecular weight excluding hydrogens is 1160 g/mol. The van der Waals surface area contributed by atoms with Gasteiger partial charge < -0.3 is 33.8 Å². The van der Waals surface area contributed by atoms with Gasteiger partial charge in [0.05, 0.1) is 26.4 Å². The number of esters is 4. The van der Waals surface area contributed by atoms with E-state index in [2.05, 4.69) is 41.5 Å². The van der Waals surface area contributed by atoms with E-state index in [1.54, 1.807) is 0 Å². The summed E-state index contributed by atoms with van der Waals surface area (Å²) >= 11 is 0. The zero-order chi connectivity index (χ0) is 65.0. The third-order valence-electron chi connectivity index (χ3n) is 16.0. The molecule has 0 bridgehead atoms. The van der Waals surface area contributed by atoms with Crippen molar-refractivity contribution in [3.63, 3.8) is 0 Å². The summed E-state index contributed by atoms with van der Waals surface area (Å²) in [7, 11) is -9.89. The molecule has 17 nitrogen and oxygen atoms in total. The van der Waals surface area contributed by atoms with Crippen LogP contribution in [0.2, 0.25) is 0 Å². The van der Waals surface area contributed by atoms with Gasteiger partial charge in [0.25, 0.3) is 0 Å². The van der Waals surface area contributed by atoms with Crippen LogP contribution in [-0.4, -0.2) is 96.7 Å². The number of carbonyl (C=O) groups excluding carboxylic acids is 4. The first-order valence-electron chi connectivity index (χ1n) is 36.0. The Morgan fingerprint density at radius 3 is 0.773 bits per heavy atom. The van der Waals surface area contributed by atoms with E-state index < -0.39 is 97.5 Å². The summed E-state index contributed by atoms with van der Waals surface area (Å²) in [6.07, 6.45) is 45.9. The fraction of sp³-hybridized carbons (Fsp3) is 0.942. The summed E-state index contributed by atoms with van der Waals surface area (Å²) < 4.78 is 68.2. The molecule has 0 heterocycles. The van der Waals surface area contributed by atoms with Crippen LogP contribution in [0, 0.1) is 11.8 Å². The van der Waals surface area contributed by atoms with Gasteiger partial charge in [-0.1, -0.05) is 298 Å². The number of hydrogen-bond acceptors (Lipinski definition) is 15. The highest BCUT2D eigenvalue weighted by Crippen LogP contribution is 2.45. The molecule has 0 aromatic heterocycles. The standard InChI is InChI=1S/C69H134O17P2/c1-7-9-11-13-15-16-17-19-23-28-34-40-46-52-67(72)80-58-65(86-68(73)53-47-41-35-29-24-21-18-20-22-26-32-37-43-49-61(3)4)60-84-88(77,78)82-56-63(70)55-81-87(75,76)83-59-64(57-79-66(71)51-45-39-31-14-12-10-8-2)85-69(74)54-48-42-36-30-25-27-33-38-44-50-62(5)6/h61-65,70H,7-60H2,1-6H3,(H,75,76)(H,77,78)/t63-,64+,65+/m0/s1. The van der Waals surface area contributed by atoms with Crippen LogP contribution in [0.15, 0.2) is 0 Å². The van der Waals surface area contributed by atoms with Crippen molar-refractivity contribution in [2.24, 2.45) is 11.8 Å². The minimum absolute atomic E-state index is 0.105. The first kappa shape index (κ1) is 86.1. The molecular formula is C69H134O17P2.